The summed E-state index contributed by atoms with van der Waals surface area (Å²) in [5.41, 5.74) is 6.79. The van der Waals surface area contributed by atoms with Crippen LogP contribution in [0.4, 0.5) is 5.82 Å². The van der Waals surface area contributed by atoms with E-state index in [1.807, 2.05) is 30.0 Å². The van der Waals surface area contributed by atoms with Crippen LogP contribution in [0, 0.1) is 11.3 Å². The Morgan fingerprint density at radius 2 is 2.32 bits per heavy atom. The number of hydrogen-bond acceptors (Lipinski definition) is 4. The molecule has 0 bridgehead atoms. The van der Waals surface area contributed by atoms with Crippen LogP contribution in [0.3, 0.4) is 0 Å². The SMILES string of the molecule is C/C=C/c1cc(N=C(N)CC(=N)N2CCC(CO)CC2)n[nH]1. The molecule has 0 spiro atoms. The largest absolute Gasteiger partial charge is 0.396 e. The van der Waals surface area contributed by atoms with Crippen molar-refractivity contribution in [2.45, 2.75) is 26.2 Å². The number of piperidine rings is 1. The molecule has 1 aromatic heterocycles. The van der Waals surface area contributed by atoms with Gasteiger partial charge in [-0.2, -0.15) is 5.10 Å². The minimum atomic E-state index is 0.235. The number of nitrogens with two attached hydrogens (primary N) is 1. The number of likely N-dealkylation sites (tertiary alicyclic amines) is 1. The molecule has 1 aliphatic rings. The summed E-state index contributed by atoms with van der Waals surface area (Å²) in [6, 6.07) is 1.81. The molecular weight excluding hydrogens is 280 g/mol. The number of aliphatic hydroxyl groups is 1. The zero-order valence-corrected chi connectivity index (χ0v) is 12.9. The number of hydrogen-bond donors (Lipinski definition) is 4. The number of aliphatic imine (C=N–C) groups is 1. The first-order valence-corrected chi connectivity index (χ1v) is 7.56. The molecule has 0 aliphatic carbocycles. The van der Waals surface area contributed by atoms with E-state index in [4.69, 9.17) is 16.2 Å². The zero-order valence-electron chi connectivity index (χ0n) is 12.9. The van der Waals surface area contributed by atoms with E-state index >= 15 is 0 Å². The van der Waals surface area contributed by atoms with Crippen LogP contribution in [0.2, 0.25) is 0 Å². The maximum Gasteiger partial charge on any atom is 0.175 e. The molecule has 7 nitrogen and oxygen atoms in total. The minimum absolute atomic E-state index is 0.235. The second-order valence-electron chi connectivity index (χ2n) is 5.52. The second-order valence-corrected chi connectivity index (χ2v) is 5.52. The number of rotatable bonds is 5. The van der Waals surface area contributed by atoms with Crippen LogP contribution < -0.4 is 5.73 Å². The lowest BCUT2D eigenvalue weighted by molar-refractivity contribution is 0.165. The van der Waals surface area contributed by atoms with E-state index < -0.39 is 0 Å². The van der Waals surface area contributed by atoms with Gasteiger partial charge in [0.25, 0.3) is 0 Å². The summed E-state index contributed by atoms with van der Waals surface area (Å²) < 4.78 is 0. The van der Waals surface area contributed by atoms with Crippen LogP contribution in [0.5, 0.6) is 0 Å². The van der Waals surface area contributed by atoms with E-state index in [1.54, 1.807) is 0 Å². The summed E-state index contributed by atoms with van der Waals surface area (Å²) >= 11 is 0. The van der Waals surface area contributed by atoms with Crippen molar-refractivity contribution >= 4 is 23.6 Å². The Kier molecular flexibility index (Phi) is 5.71. The summed E-state index contributed by atoms with van der Waals surface area (Å²) in [7, 11) is 0. The Morgan fingerprint density at radius 3 is 2.95 bits per heavy atom. The number of nitrogens with one attached hydrogen (secondary N) is 2. The summed E-state index contributed by atoms with van der Waals surface area (Å²) in [5, 5.41) is 24.2. The smallest absolute Gasteiger partial charge is 0.175 e. The Hall–Kier alpha value is -2.15. The predicted molar refractivity (Wildman–Crippen MR) is 88.3 cm³/mol. The number of allylic oxidation sites excluding steroid dienone is 1. The van der Waals surface area contributed by atoms with Crippen LogP contribution in [-0.4, -0.2) is 51.6 Å². The van der Waals surface area contributed by atoms with Gasteiger partial charge in [-0.25, -0.2) is 4.99 Å². The average Bonchev–Trinajstić information content (AvgIpc) is 2.94. The van der Waals surface area contributed by atoms with Gasteiger partial charge in [-0.05, 0) is 31.8 Å². The van der Waals surface area contributed by atoms with E-state index in [2.05, 4.69) is 15.2 Å². The molecule has 0 saturated carbocycles. The number of nitrogens with zero attached hydrogens (tertiary/aromatic N) is 3. The first-order chi connectivity index (χ1) is 10.6. The third kappa shape index (κ3) is 4.42. The van der Waals surface area contributed by atoms with E-state index in [0.29, 0.717) is 29.8 Å². The number of H-pyrrole nitrogens is 1. The highest BCUT2D eigenvalue weighted by Crippen LogP contribution is 2.17. The van der Waals surface area contributed by atoms with E-state index in [9.17, 15) is 0 Å². The van der Waals surface area contributed by atoms with Gasteiger partial charge in [0.1, 0.15) is 11.7 Å². The Balaban J connectivity index is 1.88. The Bertz CT molecular complexity index is 554. The molecule has 5 N–H and O–H groups in total. The third-order valence-electron chi connectivity index (χ3n) is 3.79. The average molecular weight is 304 g/mol. The van der Waals surface area contributed by atoms with Crippen LogP contribution >= 0.6 is 0 Å². The first kappa shape index (κ1) is 16.2. The van der Waals surface area contributed by atoms with Crippen molar-refractivity contribution in [2.24, 2.45) is 16.6 Å². The fourth-order valence-corrected chi connectivity index (χ4v) is 2.50. The lowest BCUT2D eigenvalue weighted by Gasteiger charge is -2.32. The molecule has 1 aliphatic heterocycles. The van der Waals surface area contributed by atoms with Crippen molar-refractivity contribution in [3.8, 4) is 0 Å². The second kappa shape index (κ2) is 7.74. The van der Waals surface area contributed by atoms with Crippen molar-refractivity contribution < 1.29 is 5.11 Å². The number of amidine groups is 2. The van der Waals surface area contributed by atoms with Gasteiger partial charge in [-0.3, -0.25) is 10.5 Å². The molecule has 0 atom stereocenters. The van der Waals surface area contributed by atoms with E-state index in [0.717, 1.165) is 31.6 Å². The molecule has 0 unspecified atom stereocenters. The van der Waals surface area contributed by atoms with E-state index in [1.165, 1.54) is 0 Å². The minimum Gasteiger partial charge on any atom is -0.396 e. The van der Waals surface area contributed by atoms with Crippen molar-refractivity contribution in [3.05, 3.63) is 17.8 Å². The van der Waals surface area contributed by atoms with Gasteiger partial charge in [0.15, 0.2) is 5.82 Å². The van der Waals surface area contributed by atoms with Gasteiger partial charge in [0.2, 0.25) is 0 Å². The lowest BCUT2D eigenvalue weighted by atomic mass is 9.97. The molecule has 0 radical (unpaired) electrons. The first-order valence-electron chi connectivity index (χ1n) is 7.56. The Morgan fingerprint density at radius 1 is 1.59 bits per heavy atom. The predicted octanol–water partition coefficient (Wildman–Crippen LogP) is 1.50. The molecule has 22 heavy (non-hydrogen) atoms. The standard InChI is InChI=1S/C15H24N6O/c1-2-3-12-8-15(20-19-12)18-13(16)9-14(17)21-6-4-11(10-22)5-7-21/h2-3,8,11,17,22H,4-7,9-10H2,1H3,(H3,16,18,19,20)/b3-2+,17-14?. The molecule has 1 fully saturated rings. The van der Waals surface area contributed by atoms with E-state index in [-0.39, 0.29) is 6.61 Å². The molecule has 7 heteroatoms. The number of aromatic nitrogens is 2. The Labute approximate surface area is 130 Å². The van der Waals surface area contributed by atoms with Crippen LogP contribution in [0.15, 0.2) is 17.1 Å². The monoisotopic (exact) mass is 304 g/mol. The summed E-state index contributed by atoms with van der Waals surface area (Å²) in [6.07, 6.45) is 5.96. The highest BCUT2D eigenvalue weighted by molar-refractivity contribution is 6.01. The molecule has 2 heterocycles. The van der Waals surface area contributed by atoms with Crippen molar-refractivity contribution in [1.29, 1.82) is 5.41 Å². The fourth-order valence-electron chi connectivity index (χ4n) is 2.50. The van der Waals surface area contributed by atoms with Crippen molar-refractivity contribution in [2.75, 3.05) is 19.7 Å². The quantitative estimate of drug-likeness (QED) is 0.487. The molecule has 0 aromatic carbocycles. The number of aromatic amines is 1. The van der Waals surface area contributed by atoms with Crippen molar-refractivity contribution in [1.82, 2.24) is 15.1 Å². The summed E-state index contributed by atoms with van der Waals surface area (Å²) in [5.74, 6) is 1.75. The highest BCUT2D eigenvalue weighted by atomic mass is 16.3. The zero-order chi connectivity index (χ0) is 15.9. The van der Waals surface area contributed by atoms with Crippen LogP contribution in [0.25, 0.3) is 6.08 Å². The third-order valence-corrected chi connectivity index (χ3v) is 3.79. The van der Waals surface area contributed by atoms with Gasteiger partial charge in [-0.1, -0.05) is 6.08 Å². The van der Waals surface area contributed by atoms with Crippen molar-refractivity contribution in [3.63, 3.8) is 0 Å². The molecular formula is C15H24N6O. The van der Waals surface area contributed by atoms with Gasteiger partial charge in [0, 0.05) is 25.8 Å². The molecule has 0 amide bonds. The van der Waals surface area contributed by atoms with Gasteiger partial charge < -0.3 is 15.7 Å². The van der Waals surface area contributed by atoms with Gasteiger partial charge in [0.05, 0.1) is 12.1 Å². The topological polar surface area (TPSA) is 114 Å². The van der Waals surface area contributed by atoms with Crippen LogP contribution in [-0.2, 0) is 0 Å². The number of aliphatic hydroxyl groups excluding tert-OH is 1. The maximum absolute atomic E-state index is 9.14. The molecule has 1 aromatic rings. The normalized spacial score (nSPS) is 17.4. The highest BCUT2D eigenvalue weighted by Gasteiger charge is 2.20. The lowest BCUT2D eigenvalue weighted by Crippen LogP contribution is -2.40. The van der Waals surface area contributed by atoms with Gasteiger partial charge in [-0.15, -0.1) is 0 Å². The maximum atomic E-state index is 9.14. The molecule has 1 saturated heterocycles. The summed E-state index contributed by atoms with van der Waals surface area (Å²) in [4.78, 5) is 6.24. The molecule has 2 rings (SSSR count). The summed E-state index contributed by atoms with van der Waals surface area (Å²) in [6.45, 7) is 3.76. The van der Waals surface area contributed by atoms with Gasteiger partial charge >= 0.3 is 0 Å². The van der Waals surface area contributed by atoms with Crippen LogP contribution in [0.1, 0.15) is 31.9 Å². The molecule has 120 valence electrons. The fraction of sp³-hybridized carbons (Fsp3) is 0.533.